The molecule has 1 aliphatic heterocycles. The Balaban J connectivity index is 2.07. The normalized spacial score (nSPS) is 25.5. The van der Waals surface area contributed by atoms with Gasteiger partial charge in [-0.2, -0.15) is 0 Å². The first kappa shape index (κ1) is 12.5. The van der Waals surface area contributed by atoms with Crippen molar-refractivity contribution in [2.45, 2.75) is 45.3 Å². The Kier molecular flexibility index (Phi) is 3.79. The lowest BCUT2D eigenvalue weighted by Gasteiger charge is -2.32. The molecule has 2 heterocycles. The minimum atomic E-state index is 0.206. The largest absolute Gasteiger partial charge is 0.310 e. The van der Waals surface area contributed by atoms with Gasteiger partial charge in [-0.3, -0.25) is 9.88 Å². The van der Waals surface area contributed by atoms with Gasteiger partial charge in [0, 0.05) is 37.1 Å². The highest BCUT2D eigenvalue weighted by Crippen LogP contribution is 2.18. The van der Waals surface area contributed by atoms with Gasteiger partial charge in [0.2, 0.25) is 0 Å². The van der Waals surface area contributed by atoms with Crippen LogP contribution in [0.1, 0.15) is 32.8 Å². The molecule has 0 saturated carbocycles. The summed E-state index contributed by atoms with van der Waals surface area (Å²) in [6.45, 7) is 10.1. The Hall–Kier alpha value is -0.930. The summed E-state index contributed by atoms with van der Waals surface area (Å²) in [5.74, 6) is 0. The summed E-state index contributed by atoms with van der Waals surface area (Å²) in [5, 5.41) is 3.61. The summed E-state index contributed by atoms with van der Waals surface area (Å²) < 4.78 is 0. The van der Waals surface area contributed by atoms with Crippen LogP contribution in [-0.2, 0) is 6.54 Å². The van der Waals surface area contributed by atoms with Gasteiger partial charge in [-0.05, 0) is 51.4 Å². The molecule has 1 fully saturated rings. The van der Waals surface area contributed by atoms with Crippen LogP contribution >= 0.6 is 0 Å². The molecule has 1 aromatic rings. The van der Waals surface area contributed by atoms with Crippen molar-refractivity contribution in [1.29, 1.82) is 0 Å². The molecule has 1 atom stereocenters. The fraction of sp³-hybridized carbons (Fsp3) is 0.643. The minimum Gasteiger partial charge on any atom is -0.310 e. The van der Waals surface area contributed by atoms with Crippen molar-refractivity contribution in [3.8, 4) is 0 Å². The van der Waals surface area contributed by atoms with E-state index in [1.807, 2.05) is 12.4 Å². The lowest BCUT2D eigenvalue weighted by molar-refractivity contribution is 0.173. The van der Waals surface area contributed by atoms with Crippen molar-refractivity contribution in [2.75, 3.05) is 13.1 Å². The van der Waals surface area contributed by atoms with E-state index in [0.29, 0.717) is 6.04 Å². The Morgan fingerprint density at radius 1 is 1.41 bits per heavy atom. The summed E-state index contributed by atoms with van der Waals surface area (Å²) in [7, 11) is 0. The highest BCUT2D eigenvalue weighted by molar-refractivity contribution is 5.10. The maximum absolute atomic E-state index is 4.07. The molecule has 17 heavy (non-hydrogen) atoms. The molecule has 94 valence electrons. The van der Waals surface area contributed by atoms with Gasteiger partial charge in [-0.15, -0.1) is 0 Å². The van der Waals surface area contributed by atoms with Gasteiger partial charge in [-0.25, -0.2) is 0 Å². The molecule has 1 saturated heterocycles. The molecule has 3 heteroatoms. The van der Waals surface area contributed by atoms with Crippen LogP contribution in [0.3, 0.4) is 0 Å². The Bertz CT molecular complexity index is 348. The molecule has 2 rings (SSSR count). The zero-order chi connectivity index (χ0) is 12.3. The summed E-state index contributed by atoms with van der Waals surface area (Å²) in [4.78, 5) is 6.64. The second-order valence-corrected chi connectivity index (χ2v) is 5.71. The molecule has 1 unspecified atom stereocenters. The number of nitrogens with one attached hydrogen (secondary N) is 1. The van der Waals surface area contributed by atoms with E-state index in [-0.39, 0.29) is 5.54 Å². The van der Waals surface area contributed by atoms with Crippen LogP contribution in [0, 0.1) is 0 Å². The molecule has 1 aromatic heterocycles. The van der Waals surface area contributed by atoms with Crippen LogP contribution in [-0.4, -0.2) is 34.6 Å². The number of hydrogen-bond donors (Lipinski definition) is 1. The second kappa shape index (κ2) is 5.15. The van der Waals surface area contributed by atoms with Gasteiger partial charge >= 0.3 is 0 Å². The fourth-order valence-corrected chi connectivity index (χ4v) is 2.46. The zero-order valence-corrected chi connectivity index (χ0v) is 11.1. The highest BCUT2D eigenvalue weighted by atomic mass is 15.2. The molecule has 0 amide bonds. The number of nitrogens with zero attached hydrogens (tertiary/aromatic N) is 2. The van der Waals surface area contributed by atoms with Crippen LogP contribution in [0.4, 0.5) is 0 Å². The predicted molar refractivity (Wildman–Crippen MR) is 70.8 cm³/mol. The Morgan fingerprint density at radius 2 is 2.12 bits per heavy atom. The Labute approximate surface area is 104 Å². The van der Waals surface area contributed by atoms with Crippen molar-refractivity contribution in [2.24, 2.45) is 0 Å². The predicted octanol–water partition coefficient (Wildman–Crippen LogP) is 2.04. The SMILES string of the molecule is CC1CCNC(C)(C)CN1Cc1ccncc1. The van der Waals surface area contributed by atoms with E-state index < -0.39 is 0 Å². The molecule has 1 N–H and O–H groups in total. The first-order valence-corrected chi connectivity index (χ1v) is 6.45. The molecular weight excluding hydrogens is 210 g/mol. The third-order valence-electron chi connectivity index (χ3n) is 3.52. The maximum Gasteiger partial charge on any atom is 0.0271 e. The van der Waals surface area contributed by atoms with E-state index in [2.05, 4.69) is 48.1 Å². The lowest BCUT2D eigenvalue weighted by Crippen LogP contribution is -2.47. The van der Waals surface area contributed by atoms with E-state index in [1.165, 1.54) is 12.0 Å². The van der Waals surface area contributed by atoms with Gasteiger partial charge in [0.1, 0.15) is 0 Å². The molecule has 0 radical (unpaired) electrons. The highest BCUT2D eigenvalue weighted by Gasteiger charge is 2.27. The minimum absolute atomic E-state index is 0.206. The van der Waals surface area contributed by atoms with Crippen LogP contribution in [0.5, 0.6) is 0 Å². The molecule has 0 spiro atoms. The fourth-order valence-electron chi connectivity index (χ4n) is 2.46. The zero-order valence-electron chi connectivity index (χ0n) is 11.1. The molecule has 0 aliphatic carbocycles. The summed E-state index contributed by atoms with van der Waals surface area (Å²) >= 11 is 0. The average molecular weight is 233 g/mol. The first-order chi connectivity index (χ1) is 8.07. The van der Waals surface area contributed by atoms with Gasteiger partial charge in [-0.1, -0.05) is 0 Å². The van der Waals surface area contributed by atoms with Gasteiger partial charge in [0.25, 0.3) is 0 Å². The number of aromatic nitrogens is 1. The van der Waals surface area contributed by atoms with E-state index in [1.54, 1.807) is 0 Å². The van der Waals surface area contributed by atoms with E-state index in [9.17, 15) is 0 Å². The number of pyridine rings is 1. The van der Waals surface area contributed by atoms with Crippen molar-refractivity contribution in [3.05, 3.63) is 30.1 Å². The van der Waals surface area contributed by atoms with E-state index in [0.717, 1.165) is 19.6 Å². The van der Waals surface area contributed by atoms with Crippen LogP contribution in [0.2, 0.25) is 0 Å². The molecular formula is C14H23N3. The number of rotatable bonds is 2. The van der Waals surface area contributed by atoms with Crippen LogP contribution < -0.4 is 5.32 Å². The van der Waals surface area contributed by atoms with Crippen molar-refractivity contribution in [1.82, 2.24) is 15.2 Å². The van der Waals surface area contributed by atoms with Crippen molar-refractivity contribution >= 4 is 0 Å². The first-order valence-electron chi connectivity index (χ1n) is 6.45. The van der Waals surface area contributed by atoms with Crippen LogP contribution in [0.15, 0.2) is 24.5 Å². The number of hydrogen-bond acceptors (Lipinski definition) is 3. The summed E-state index contributed by atoms with van der Waals surface area (Å²) in [5.41, 5.74) is 1.56. The monoisotopic (exact) mass is 233 g/mol. The summed E-state index contributed by atoms with van der Waals surface area (Å²) in [6.07, 6.45) is 4.97. The van der Waals surface area contributed by atoms with E-state index in [4.69, 9.17) is 0 Å². The molecule has 0 aromatic carbocycles. The third kappa shape index (κ3) is 3.51. The average Bonchev–Trinajstić information content (AvgIpc) is 2.40. The maximum atomic E-state index is 4.07. The summed E-state index contributed by atoms with van der Waals surface area (Å²) in [6, 6.07) is 4.85. The third-order valence-corrected chi connectivity index (χ3v) is 3.52. The smallest absolute Gasteiger partial charge is 0.0271 e. The van der Waals surface area contributed by atoms with Crippen molar-refractivity contribution < 1.29 is 0 Å². The molecule has 1 aliphatic rings. The topological polar surface area (TPSA) is 28.2 Å². The molecule has 3 nitrogen and oxygen atoms in total. The molecule has 0 bridgehead atoms. The Morgan fingerprint density at radius 3 is 2.82 bits per heavy atom. The van der Waals surface area contributed by atoms with Crippen molar-refractivity contribution in [3.63, 3.8) is 0 Å². The van der Waals surface area contributed by atoms with Crippen LogP contribution in [0.25, 0.3) is 0 Å². The lowest BCUT2D eigenvalue weighted by atomic mass is 10.0. The van der Waals surface area contributed by atoms with E-state index >= 15 is 0 Å². The van der Waals surface area contributed by atoms with Gasteiger partial charge in [0.15, 0.2) is 0 Å². The standard InChI is InChI=1S/C14H23N3/c1-12-4-9-16-14(2,3)11-17(12)10-13-5-7-15-8-6-13/h5-8,12,16H,4,9-11H2,1-3H3. The van der Waals surface area contributed by atoms with Gasteiger partial charge in [0.05, 0.1) is 0 Å². The second-order valence-electron chi connectivity index (χ2n) is 5.71. The van der Waals surface area contributed by atoms with Gasteiger partial charge < -0.3 is 5.32 Å². The quantitative estimate of drug-likeness (QED) is 0.847.